The fourth-order valence-corrected chi connectivity index (χ4v) is 10.1. The van der Waals surface area contributed by atoms with E-state index in [0.29, 0.717) is 38.8 Å². The van der Waals surface area contributed by atoms with Crippen LogP contribution >= 0.6 is 0 Å². The Morgan fingerprint density at radius 1 is 0.962 bits per heavy atom. The maximum atomic E-state index is 14.3. The van der Waals surface area contributed by atoms with E-state index in [2.05, 4.69) is 74.2 Å². The van der Waals surface area contributed by atoms with Gasteiger partial charge in [0.2, 0.25) is 5.91 Å². The van der Waals surface area contributed by atoms with Gasteiger partial charge in [0.25, 0.3) is 0 Å². The fourth-order valence-electron chi connectivity index (χ4n) is 10.1. The molecule has 4 aliphatic carbocycles. The number of carbonyl (C=O) groups excluding carboxylic acids is 2. The zero-order chi connectivity index (χ0) is 37.4. The highest BCUT2D eigenvalue weighted by atomic mass is 16.6. The van der Waals surface area contributed by atoms with Gasteiger partial charge in [0, 0.05) is 23.9 Å². The molecule has 2 N–H and O–H groups in total. The second-order valence-electron chi connectivity index (χ2n) is 16.6. The highest BCUT2D eigenvalue weighted by molar-refractivity contribution is 5.79. The molecule has 3 aromatic rings. The lowest BCUT2D eigenvalue weighted by Crippen LogP contribution is -2.54. The fraction of sp³-hybridized carbons (Fsp3) is 0.628. The molecule has 1 unspecified atom stereocenters. The van der Waals surface area contributed by atoms with Crippen LogP contribution in [0, 0.1) is 18.3 Å². The molecule has 5 fully saturated rings. The first-order valence-electron chi connectivity index (χ1n) is 20.2. The van der Waals surface area contributed by atoms with E-state index in [9.17, 15) is 14.7 Å². The van der Waals surface area contributed by atoms with E-state index < -0.39 is 6.10 Å². The molecular weight excluding hydrogens is 667 g/mol. The average Bonchev–Trinajstić information content (AvgIpc) is 3.68. The van der Waals surface area contributed by atoms with Crippen molar-refractivity contribution in [2.75, 3.05) is 20.2 Å². The van der Waals surface area contributed by atoms with Crippen molar-refractivity contribution in [3.63, 3.8) is 0 Å². The maximum Gasteiger partial charge on any atom is 0.410 e. The molecule has 10 nitrogen and oxygen atoms in total. The number of β-amino-alcohol motifs (C(OH)–C–C–N with tert-alkyl or cyclic N) is 1. The van der Waals surface area contributed by atoms with Gasteiger partial charge < -0.3 is 24.8 Å². The lowest BCUT2D eigenvalue weighted by atomic mass is 9.49. The maximum absolute atomic E-state index is 14.3. The number of rotatable bonds is 12. The number of benzene rings is 1. The molecule has 286 valence electrons. The van der Waals surface area contributed by atoms with E-state index in [0.717, 1.165) is 80.4 Å². The minimum absolute atomic E-state index is 0.00257. The Morgan fingerprint density at radius 3 is 2.25 bits per heavy atom. The van der Waals surface area contributed by atoms with Gasteiger partial charge in [0.05, 0.1) is 49.8 Å². The number of aromatic nitrogens is 3. The predicted molar refractivity (Wildman–Crippen MR) is 205 cm³/mol. The molecule has 53 heavy (non-hydrogen) atoms. The number of nitrogens with one attached hydrogen (secondary N) is 1. The smallest absolute Gasteiger partial charge is 0.410 e. The number of pyridine rings is 1. The summed E-state index contributed by atoms with van der Waals surface area (Å²) in [5.41, 5.74) is 5.69. The summed E-state index contributed by atoms with van der Waals surface area (Å²) in [5.74, 6) is 0.861. The van der Waals surface area contributed by atoms with Gasteiger partial charge >= 0.3 is 6.09 Å². The highest BCUT2D eigenvalue weighted by Gasteiger charge is 2.54. The molecule has 2 bridgehead atoms. The Hall–Kier alpha value is -3.92. The molecule has 0 radical (unpaired) electrons. The number of hydrogen-bond acceptors (Lipinski definition) is 7. The third kappa shape index (κ3) is 7.08. The van der Waals surface area contributed by atoms with Gasteiger partial charge in [-0.2, -0.15) is 5.10 Å². The van der Waals surface area contributed by atoms with Crippen LogP contribution in [0.4, 0.5) is 4.79 Å². The van der Waals surface area contributed by atoms with E-state index in [1.165, 1.54) is 16.0 Å². The molecule has 3 heterocycles. The number of aliphatic hydroxyl groups is 1. The first-order valence-corrected chi connectivity index (χ1v) is 20.2. The van der Waals surface area contributed by atoms with Crippen molar-refractivity contribution in [3.8, 4) is 16.9 Å². The van der Waals surface area contributed by atoms with E-state index in [4.69, 9.17) is 19.6 Å². The molecule has 5 aliphatic rings. The summed E-state index contributed by atoms with van der Waals surface area (Å²) >= 11 is 0. The van der Waals surface area contributed by atoms with Crippen molar-refractivity contribution >= 4 is 12.0 Å². The quantitative estimate of drug-likeness (QED) is 0.194. The van der Waals surface area contributed by atoms with Gasteiger partial charge in [-0.15, -0.1) is 0 Å². The van der Waals surface area contributed by atoms with Crippen molar-refractivity contribution in [1.82, 2.24) is 25.0 Å². The summed E-state index contributed by atoms with van der Waals surface area (Å²) in [7, 11) is 1.73. The van der Waals surface area contributed by atoms with Crippen molar-refractivity contribution < 1.29 is 24.2 Å². The Bertz CT molecular complexity index is 1740. The number of hydrogen-bond donors (Lipinski definition) is 2. The van der Waals surface area contributed by atoms with Crippen molar-refractivity contribution in [3.05, 3.63) is 65.7 Å². The van der Waals surface area contributed by atoms with Crippen LogP contribution in [0.25, 0.3) is 11.1 Å². The highest BCUT2D eigenvalue weighted by Crippen LogP contribution is 2.62. The molecule has 2 aromatic heterocycles. The molecule has 1 atom stereocenters. The molecule has 10 heteroatoms. The first kappa shape index (κ1) is 37.4. The molecule has 4 saturated carbocycles. The third-order valence-corrected chi connectivity index (χ3v) is 14.1. The minimum Gasteiger partial charge on any atom is -0.496 e. The van der Waals surface area contributed by atoms with Crippen molar-refractivity contribution in [2.24, 2.45) is 11.3 Å². The number of amides is 2. The Labute approximate surface area is 315 Å². The third-order valence-electron chi connectivity index (χ3n) is 14.1. The van der Waals surface area contributed by atoms with Crippen LogP contribution < -0.4 is 10.1 Å². The van der Waals surface area contributed by atoms with Gasteiger partial charge in [-0.3, -0.25) is 14.5 Å². The lowest BCUT2D eigenvalue weighted by molar-refractivity contribution is -0.129. The van der Waals surface area contributed by atoms with Crippen LogP contribution in [-0.2, 0) is 20.5 Å². The standard InChI is InChI=1S/C43H59N5O5/c1-6-43(7-2,8-3)48-26-32(25-45-48)31-15-22-44-36(24-31)38(46-39(50)30-9-12-35(13-10-30)53-40(51)47-27-34(49)28-47)42-19-16-41(17-20-42,18-21-42)33-11-14-37(52-5)29(4)23-33/h11,14-15,22-26,30,34-35,38,49H,6-10,12-13,16-21,27-28H2,1-5H3,(H,46,50). The number of likely N-dealkylation sites (tertiary alicyclic amines) is 1. The van der Waals surface area contributed by atoms with Gasteiger partial charge in [-0.05, 0) is 136 Å². The SMILES string of the molecule is CCC(CC)(CC)n1cc(-c2ccnc(C(NC(=O)C3CCC(OC(=O)N4CC(O)C4)CC3)C34CCC(c5ccc(OC)c(C)c5)(CC3)CC4)c2)cn1. The van der Waals surface area contributed by atoms with Crippen LogP contribution in [-0.4, -0.2) is 69.2 Å². The minimum atomic E-state index is -0.457. The monoisotopic (exact) mass is 725 g/mol. The zero-order valence-corrected chi connectivity index (χ0v) is 32.4. The molecule has 8 rings (SSSR count). The summed E-state index contributed by atoms with van der Waals surface area (Å²) in [6.45, 7) is 9.50. The van der Waals surface area contributed by atoms with Gasteiger partial charge in [-0.25, -0.2) is 4.79 Å². The second-order valence-corrected chi connectivity index (χ2v) is 16.6. The number of ether oxygens (including phenoxy) is 2. The number of nitrogens with zero attached hydrogens (tertiary/aromatic N) is 4. The van der Waals surface area contributed by atoms with Gasteiger partial charge in [-0.1, -0.05) is 32.9 Å². The molecule has 1 saturated heterocycles. The largest absolute Gasteiger partial charge is 0.496 e. The summed E-state index contributed by atoms with van der Waals surface area (Å²) in [4.78, 5) is 33.3. The molecule has 2 amide bonds. The topological polar surface area (TPSA) is 119 Å². The first-order chi connectivity index (χ1) is 25.6. The zero-order valence-electron chi connectivity index (χ0n) is 32.4. The molecule has 0 spiro atoms. The molecule has 1 aliphatic heterocycles. The van der Waals surface area contributed by atoms with Crippen LogP contribution in [0.5, 0.6) is 5.75 Å². The lowest BCUT2D eigenvalue weighted by Gasteiger charge is -2.56. The summed E-state index contributed by atoms with van der Waals surface area (Å²) in [5, 5.41) is 18.0. The Balaban J connectivity index is 1.12. The van der Waals surface area contributed by atoms with Crippen LogP contribution in [0.1, 0.15) is 127 Å². The average molecular weight is 726 g/mol. The van der Waals surface area contributed by atoms with Crippen molar-refractivity contribution in [1.29, 1.82) is 0 Å². The number of carbonyl (C=O) groups is 2. The number of aliphatic hydroxyl groups excluding tert-OH is 1. The summed E-state index contributed by atoms with van der Waals surface area (Å²) in [6.07, 6.45) is 17.1. The Morgan fingerprint density at radius 2 is 1.64 bits per heavy atom. The number of fused-ring (bicyclic) bond motifs is 3. The van der Waals surface area contributed by atoms with Gasteiger partial charge in [0.1, 0.15) is 11.9 Å². The van der Waals surface area contributed by atoms with E-state index in [-0.39, 0.29) is 46.4 Å². The molecular formula is C43H59N5O5. The van der Waals surface area contributed by atoms with Crippen molar-refractivity contribution in [2.45, 2.75) is 140 Å². The summed E-state index contributed by atoms with van der Waals surface area (Å²) in [6, 6.07) is 10.8. The normalized spacial score (nSPS) is 26.5. The van der Waals surface area contributed by atoms with E-state index >= 15 is 0 Å². The van der Waals surface area contributed by atoms with Crippen LogP contribution in [0.15, 0.2) is 48.9 Å². The van der Waals surface area contributed by atoms with E-state index in [1.54, 1.807) is 7.11 Å². The van der Waals surface area contributed by atoms with Crippen LogP contribution in [0.2, 0.25) is 0 Å². The summed E-state index contributed by atoms with van der Waals surface area (Å²) < 4.78 is 13.5. The molecule has 1 aromatic carbocycles. The van der Waals surface area contributed by atoms with Gasteiger partial charge in [0.15, 0.2) is 0 Å². The predicted octanol–water partition coefficient (Wildman–Crippen LogP) is 8.01. The second kappa shape index (κ2) is 15.1. The van der Waals surface area contributed by atoms with Crippen LogP contribution in [0.3, 0.4) is 0 Å². The number of aryl methyl sites for hydroxylation is 1. The number of methoxy groups -OCH3 is 1. The Kier molecular flexibility index (Phi) is 10.6. The van der Waals surface area contributed by atoms with E-state index in [1.807, 2.05) is 12.4 Å².